The predicted octanol–water partition coefficient (Wildman–Crippen LogP) is 1.78. The molecular weight excluding hydrogens is 218 g/mol. The third kappa shape index (κ3) is 2.09. The molecule has 2 N–H and O–H groups in total. The topological polar surface area (TPSA) is 75.1 Å². The fourth-order valence-corrected chi connectivity index (χ4v) is 2.38. The van der Waals surface area contributed by atoms with Gasteiger partial charge in [0.2, 0.25) is 0 Å². The van der Waals surface area contributed by atoms with Gasteiger partial charge in [0.1, 0.15) is 5.82 Å². The fraction of sp³-hybridized carbons (Fsp3) is 0.583. The third-order valence-corrected chi connectivity index (χ3v) is 3.83. The van der Waals surface area contributed by atoms with Crippen LogP contribution in [0.15, 0.2) is 12.4 Å². The van der Waals surface area contributed by atoms with Crippen LogP contribution in [0.1, 0.15) is 36.2 Å². The van der Waals surface area contributed by atoms with Gasteiger partial charge in [0.25, 0.3) is 0 Å². The molecule has 0 unspecified atom stereocenters. The molecule has 1 aromatic rings. The second-order valence-electron chi connectivity index (χ2n) is 5.08. The summed E-state index contributed by atoms with van der Waals surface area (Å²) in [5.74, 6) is 0.531. The quantitative estimate of drug-likeness (QED) is 0.810. The van der Waals surface area contributed by atoms with Gasteiger partial charge in [-0.05, 0) is 37.0 Å². The maximum absolute atomic E-state index is 10.6. The Labute approximate surface area is 99.3 Å². The number of nitrogens with one attached hydrogen (secondary N) is 1. The van der Waals surface area contributed by atoms with E-state index >= 15 is 0 Å². The highest BCUT2D eigenvalue weighted by molar-refractivity contribution is 5.84. The van der Waals surface area contributed by atoms with E-state index < -0.39 is 5.97 Å². The minimum atomic E-state index is -1.04. The highest BCUT2D eigenvalue weighted by Crippen LogP contribution is 2.61. The molecule has 0 aliphatic heterocycles. The van der Waals surface area contributed by atoms with Crippen LogP contribution in [0.3, 0.4) is 0 Å². The van der Waals surface area contributed by atoms with Crippen molar-refractivity contribution in [3.05, 3.63) is 18.1 Å². The third-order valence-electron chi connectivity index (χ3n) is 3.83. The monoisotopic (exact) mass is 233 g/mol. The molecule has 0 spiro atoms. The Hall–Kier alpha value is -1.65. The molecule has 0 amide bonds. The Morgan fingerprint density at radius 2 is 2.18 bits per heavy atom. The van der Waals surface area contributed by atoms with Crippen LogP contribution in [0.5, 0.6) is 0 Å². The number of carboxylic acid groups (broad SMARTS) is 1. The molecule has 2 aliphatic rings. The van der Waals surface area contributed by atoms with E-state index in [1.165, 1.54) is 38.1 Å². The minimum absolute atomic E-state index is 0.0149. The number of anilines is 1. The van der Waals surface area contributed by atoms with Crippen LogP contribution in [0.25, 0.3) is 0 Å². The Kier molecular flexibility index (Phi) is 2.28. The van der Waals surface area contributed by atoms with E-state index in [2.05, 4.69) is 15.3 Å². The van der Waals surface area contributed by atoms with Gasteiger partial charge in [0.05, 0.1) is 12.4 Å². The molecule has 1 heterocycles. The van der Waals surface area contributed by atoms with Crippen LogP contribution in [-0.4, -0.2) is 27.6 Å². The first-order valence-corrected chi connectivity index (χ1v) is 5.99. The summed E-state index contributed by atoms with van der Waals surface area (Å²) >= 11 is 0. The molecule has 0 atom stereocenters. The van der Waals surface area contributed by atoms with Crippen LogP contribution in [0, 0.1) is 11.3 Å². The van der Waals surface area contributed by atoms with E-state index in [0.717, 1.165) is 12.5 Å². The lowest BCUT2D eigenvalue weighted by Crippen LogP contribution is -2.18. The molecule has 0 bridgehead atoms. The van der Waals surface area contributed by atoms with Crippen molar-refractivity contribution in [1.29, 1.82) is 0 Å². The number of hydrogen-bond donors (Lipinski definition) is 2. The van der Waals surface area contributed by atoms with Crippen molar-refractivity contribution in [2.24, 2.45) is 11.3 Å². The summed E-state index contributed by atoms with van der Waals surface area (Å²) in [6.45, 7) is 0.943. The Morgan fingerprint density at radius 1 is 1.41 bits per heavy atom. The molecule has 90 valence electrons. The lowest BCUT2D eigenvalue weighted by atomic mass is 10.0. The van der Waals surface area contributed by atoms with Crippen LogP contribution in [0.2, 0.25) is 0 Å². The Bertz CT molecular complexity index is 436. The Morgan fingerprint density at radius 3 is 2.65 bits per heavy atom. The second kappa shape index (κ2) is 3.68. The van der Waals surface area contributed by atoms with Gasteiger partial charge >= 0.3 is 5.97 Å². The van der Waals surface area contributed by atoms with Crippen molar-refractivity contribution in [2.75, 3.05) is 11.9 Å². The molecule has 0 aromatic carbocycles. The lowest BCUT2D eigenvalue weighted by molar-refractivity contribution is 0.0690. The smallest absolute Gasteiger partial charge is 0.356 e. The van der Waals surface area contributed by atoms with Gasteiger partial charge in [-0.15, -0.1) is 0 Å². The zero-order valence-electron chi connectivity index (χ0n) is 9.52. The first kappa shape index (κ1) is 10.5. The normalized spacial score (nSPS) is 20.9. The molecule has 1 aromatic heterocycles. The van der Waals surface area contributed by atoms with Crippen molar-refractivity contribution < 1.29 is 9.90 Å². The van der Waals surface area contributed by atoms with Crippen LogP contribution in [0.4, 0.5) is 5.82 Å². The summed E-state index contributed by atoms with van der Waals surface area (Å²) in [5, 5.41) is 12.0. The number of rotatable bonds is 5. The van der Waals surface area contributed by atoms with Crippen LogP contribution in [-0.2, 0) is 0 Å². The van der Waals surface area contributed by atoms with Crippen molar-refractivity contribution in [3.8, 4) is 0 Å². The fourth-order valence-electron chi connectivity index (χ4n) is 2.38. The van der Waals surface area contributed by atoms with Gasteiger partial charge in [-0.25, -0.2) is 14.8 Å². The van der Waals surface area contributed by atoms with E-state index in [1.54, 1.807) is 0 Å². The highest BCUT2D eigenvalue weighted by Gasteiger charge is 2.53. The number of aromatic nitrogens is 2. The van der Waals surface area contributed by atoms with Crippen molar-refractivity contribution in [1.82, 2.24) is 9.97 Å². The van der Waals surface area contributed by atoms with Gasteiger partial charge in [0.15, 0.2) is 5.69 Å². The van der Waals surface area contributed by atoms with Crippen molar-refractivity contribution in [2.45, 2.75) is 25.7 Å². The second-order valence-corrected chi connectivity index (χ2v) is 5.08. The SMILES string of the molecule is O=C(O)c1cnc(NCC2(C3CC3)CC2)cn1. The highest BCUT2D eigenvalue weighted by atomic mass is 16.4. The maximum atomic E-state index is 10.6. The summed E-state index contributed by atoms with van der Waals surface area (Å²) in [5.41, 5.74) is 0.492. The van der Waals surface area contributed by atoms with Gasteiger partial charge in [-0.3, -0.25) is 0 Å². The molecule has 17 heavy (non-hydrogen) atoms. The summed E-state index contributed by atoms with van der Waals surface area (Å²) in [7, 11) is 0. The van der Waals surface area contributed by atoms with E-state index in [1.807, 2.05) is 0 Å². The molecule has 5 heteroatoms. The molecular formula is C12H15N3O2. The zero-order valence-corrected chi connectivity index (χ0v) is 9.52. The molecule has 5 nitrogen and oxygen atoms in total. The van der Waals surface area contributed by atoms with E-state index in [-0.39, 0.29) is 5.69 Å². The molecule has 0 saturated heterocycles. The van der Waals surface area contributed by atoms with Crippen molar-refractivity contribution >= 4 is 11.8 Å². The predicted molar refractivity (Wildman–Crippen MR) is 61.9 cm³/mol. The van der Waals surface area contributed by atoms with Gasteiger partial charge < -0.3 is 10.4 Å². The average Bonchev–Trinajstić information content (AvgIpc) is 3.17. The molecule has 0 radical (unpaired) electrons. The molecule has 2 fully saturated rings. The number of aromatic carboxylic acids is 1. The maximum Gasteiger partial charge on any atom is 0.356 e. The standard InChI is InChI=1S/C12H15N3O2/c16-11(17)9-5-14-10(6-13-9)15-7-12(3-4-12)8-1-2-8/h5-6,8H,1-4,7H2,(H,14,15)(H,16,17). The summed E-state index contributed by atoms with van der Waals surface area (Å²) < 4.78 is 0. The number of carbonyl (C=O) groups is 1. The summed E-state index contributed by atoms with van der Waals surface area (Å²) in [6, 6.07) is 0. The first-order valence-electron chi connectivity index (χ1n) is 5.99. The van der Waals surface area contributed by atoms with Gasteiger partial charge in [-0.2, -0.15) is 0 Å². The molecule has 2 saturated carbocycles. The number of carboxylic acids is 1. The summed E-state index contributed by atoms with van der Waals surface area (Å²) in [6.07, 6.45) is 8.14. The Balaban J connectivity index is 1.59. The number of nitrogens with zero attached hydrogens (tertiary/aromatic N) is 2. The number of hydrogen-bond acceptors (Lipinski definition) is 4. The van der Waals surface area contributed by atoms with Crippen LogP contribution >= 0.6 is 0 Å². The van der Waals surface area contributed by atoms with Gasteiger partial charge in [0, 0.05) is 6.54 Å². The molecule has 3 rings (SSSR count). The first-order chi connectivity index (χ1) is 8.20. The van der Waals surface area contributed by atoms with E-state index in [9.17, 15) is 4.79 Å². The summed E-state index contributed by atoms with van der Waals surface area (Å²) in [4.78, 5) is 18.5. The lowest BCUT2D eigenvalue weighted by Gasteiger charge is -2.14. The van der Waals surface area contributed by atoms with E-state index in [4.69, 9.17) is 5.11 Å². The molecule has 2 aliphatic carbocycles. The van der Waals surface area contributed by atoms with E-state index in [0.29, 0.717) is 11.2 Å². The minimum Gasteiger partial charge on any atom is -0.476 e. The van der Waals surface area contributed by atoms with Crippen LogP contribution < -0.4 is 5.32 Å². The average molecular weight is 233 g/mol. The largest absolute Gasteiger partial charge is 0.476 e. The van der Waals surface area contributed by atoms with Gasteiger partial charge in [-0.1, -0.05) is 0 Å². The zero-order chi connectivity index (χ0) is 11.9. The van der Waals surface area contributed by atoms with Crippen molar-refractivity contribution in [3.63, 3.8) is 0 Å².